The first kappa shape index (κ1) is 14.6. The highest BCUT2D eigenvalue weighted by molar-refractivity contribution is 5.67. The number of nitro groups is 1. The average Bonchev–Trinajstić information content (AvgIpc) is 2.37. The van der Waals surface area contributed by atoms with Gasteiger partial charge in [0.05, 0.1) is 11.0 Å². The van der Waals surface area contributed by atoms with Crippen LogP contribution in [0, 0.1) is 10.1 Å². The highest BCUT2D eigenvalue weighted by Crippen LogP contribution is 2.32. The van der Waals surface area contributed by atoms with Crippen molar-refractivity contribution in [3.05, 3.63) is 52.6 Å². The molecule has 0 saturated heterocycles. The molecule has 0 aliphatic heterocycles. The maximum Gasteiger partial charge on any atom is 0.311 e. The first-order valence-electron chi connectivity index (χ1n) is 6.53. The van der Waals surface area contributed by atoms with Crippen molar-refractivity contribution >= 4 is 22.7 Å². The Hall–Kier alpha value is -2.76. The third-order valence-corrected chi connectivity index (χ3v) is 2.69. The number of ether oxygens (including phenoxy) is 1. The van der Waals surface area contributed by atoms with Crippen LogP contribution in [0.15, 0.2) is 42.5 Å². The Morgan fingerprint density at radius 2 is 1.90 bits per heavy atom. The van der Waals surface area contributed by atoms with Crippen LogP contribution in [0.5, 0.6) is 5.75 Å². The molecule has 0 aliphatic rings. The van der Waals surface area contributed by atoms with Crippen molar-refractivity contribution in [2.75, 3.05) is 11.1 Å². The van der Waals surface area contributed by atoms with Crippen molar-refractivity contribution in [1.82, 2.24) is 0 Å². The lowest BCUT2D eigenvalue weighted by Crippen LogP contribution is -2.07. The minimum atomic E-state index is -0.456. The first-order chi connectivity index (χ1) is 9.95. The number of nitrogen functional groups attached to an aromatic ring is 1. The smallest absolute Gasteiger partial charge is 0.311 e. The van der Waals surface area contributed by atoms with Gasteiger partial charge in [-0.25, -0.2) is 0 Å². The van der Waals surface area contributed by atoms with Crippen LogP contribution in [-0.2, 0) is 0 Å². The van der Waals surface area contributed by atoms with Crippen molar-refractivity contribution in [2.24, 2.45) is 0 Å². The summed E-state index contributed by atoms with van der Waals surface area (Å²) < 4.78 is 5.50. The van der Waals surface area contributed by atoms with Gasteiger partial charge in [0.15, 0.2) is 5.75 Å². The fourth-order valence-electron chi connectivity index (χ4n) is 1.87. The van der Waals surface area contributed by atoms with Crippen LogP contribution < -0.4 is 15.8 Å². The van der Waals surface area contributed by atoms with Gasteiger partial charge in [0, 0.05) is 29.2 Å². The second-order valence-electron chi connectivity index (χ2n) is 4.86. The Kier molecular flexibility index (Phi) is 4.27. The second kappa shape index (κ2) is 6.13. The zero-order valence-electron chi connectivity index (χ0n) is 11.9. The van der Waals surface area contributed by atoms with E-state index in [0.29, 0.717) is 11.4 Å². The predicted molar refractivity (Wildman–Crippen MR) is 83.0 cm³/mol. The van der Waals surface area contributed by atoms with Gasteiger partial charge in [-0.15, -0.1) is 0 Å². The van der Waals surface area contributed by atoms with Crippen molar-refractivity contribution in [2.45, 2.75) is 20.0 Å². The molecule has 2 aromatic rings. The number of hydrogen-bond donors (Lipinski definition) is 2. The Balaban J connectivity index is 2.30. The molecule has 2 rings (SSSR count). The fourth-order valence-corrected chi connectivity index (χ4v) is 1.87. The third-order valence-electron chi connectivity index (χ3n) is 2.69. The Labute approximate surface area is 122 Å². The van der Waals surface area contributed by atoms with E-state index in [9.17, 15) is 10.1 Å². The highest BCUT2D eigenvalue weighted by atomic mass is 16.6. The van der Waals surface area contributed by atoms with Crippen LogP contribution in [0.2, 0.25) is 0 Å². The Bertz CT molecular complexity index is 656. The molecule has 0 amide bonds. The second-order valence-corrected chi connectivity index (χ2v) is 4.86. The lowest BCUT2D eigenvalue weighted by atomic mass is 10.2. The number of nitro benzene ring substituents is 1. The van der Waals surface area contributed by atoms with E-state index in [0.717, 1.165) is 5.69 Å². The predicted octanol–water partition coefficient (Wildman–Crippen LogP) is 3.71. The largest absolute Gasteiger partial charge is 0.484 e. The summed E-state index contributed by atoms with van der Waals surface area (Å²) in [6, 6.07) is 11.9. The number of benzene rings is 2. The zero-order chi connectivity index (χ0) is 15.4. The van der Waals surface area contributed by atoms with Gasteiger partial charge in [0.2, 0.25) is 0 Å². The molecule has 0 unspecified atom stereocenters. The molecule has 0 radical (unpaired) electrons. The normalized spacial score (nSPS) is 10.4. The Morgan fingerprint density at radius 1 is 1.19 bits per heavy atom. The van der Waals surface area contributed by atoms with E-state index in [1.807, 2.05) is 26.0 Å². The molecule has 0 aromatic heterocycles. The topological polar surface area (TPSA) is 90.4 Å². The lowest BCUT2D eigenvalue weighted by molar-refractivity contribution is -0.386. The summed E-state index contributed by atoms with van der Waals surface area (Å²) in [4.78, 5) is 10.5. The van der Waals surface area contributed by atoms with Crippen LogP contribution in [0.3, 0.4) is 0 Å². The van der Waals surface area contributed by atoms with E-state index in [4.69, 9.17) is 10.5 Å². The summed E-state index contributed by atoms with van der Waals surface area (Å²) in [6.45, 7) is 3.64. The molecule has 0 bridgehead atoms. The van der Waals surface area contributed by atoms with Crippen molar-refractivity contribution in [3.8, 4) is 5.75 Å². The third kappa shape index (κ3) is 3.85. The van der Waals surface area contributed by atoms with Crippen molar-refractivity contribution in [3.63, 3.8) is 0 Å². The van der Waals surface area contributed by atoms with Crippen LogP contribution in [0.1, 0.15) is 13.8 Å². The number of rotatable bonds is 5. The van der Waals surface area contributed by atoms with E-state index < -0.39 is 4.92 Å². The molecule has 0 heterocycles. The van der Waals surface area contributed by atoms with Gasteiger partial charge in [0.25, 0.3) is 0 Å². The maximum atomic E-state index is 11.0. The summed E-state index contributed by atoms with van der Waals surface area (Å²) in [5.41, 5.74) is 7.80. The van der Waals surface area contributed by atoms with Crippen LogP contribution >= 0.6 is 0 Å². The molecular formula is C15H17N3O3. The standard InChI is InChI=1S/C15H17N3O3/c1-10(2)21-15-9-13(6-7-14(15)18(19)20)17-12-5-3-4-11(16)8-12/h3-10,17H,16H2,1-2H3. The number of nitrogens with zero attached hydrogens (tertiary/aromatic N) is 1. The van der Waals surface area contributed by atoms with Crippen LogP contribution in [-0.4, -0.2) is 11.0 Å². The molecule has 6 heteroatoms. The van der Waals surface area contributed by atoms with Gasteiger partial charge in [-0.3, -0.25) is 10.1 Å². The molecule has 0 saturated carbocycles. The summed E-state index contributed by atoms with van der Waals surface area (Å²) in [7, 11) is 0. The molecule has 0 atom stereocenters. The minimum Gasteiger partial charge on any atom is -0.484 e. The molecular weight excluding hydrogens is 270 g/mol. The molecule has 6 nitrogen and oxygen atoms in total. The molecule has 3 N–H and O–H groups in total. The number of hydrogen-bond acceptors (Lipinski definition) is 5. The first-order valence-corrected chi connectivity index (χ1v) is 6.53. The molecule has 0 spiro atoms. The van der Waals surface area contributed by atoms with Gasteiger partial charge < -0.3 is 15.8 Å². The minimum absolute atomic E-state index is 0.0539. The van der Waals surface area contributed by atoms with Gasteiger partial charge in [0.1, 0.15) is 0 Å². The molecule has 21 heavy (non-hydrogen) atoms. The van der Waals surface area contributed by atoms with Crippen LogP contribution in [0.25, 0.3) is 0 Å². The SMILES string of the molecule is CC(C)Oc1cc(Nc2cccc(N)c2)ccc1[N+](=O)[O-]. The van der Waals surface area contributed by atoms with E-state index in [-0.39, 0.29) is 17.5 Å². The van der Waals surface area contributed by atoms with Gasteiger partial charge in [-0.1, -0.05) is 6.07 Å². The number of anilines is 3. The van der Waals surface area contributed by atoms with Gasteiger partial charge in [-0.2, -0.15) is 0 Å². The molecule has 110 valence electrons. The lowest BCUT2D eigenvalue weighted by Gasteiger charge is -2.12. The summed E-state index contributed by atoms with van der Waals surface area (Å²) in [5, 5.41) is 14.1. The maximum absolute atomic E-state index is 11.0. The van der Waals surface area contributed by atoms with E-state index >= 15 is 0 Å². The zero-order valence-corrected chi connectivity index (χ0v) is 11.9. The number of nitrogens with two attached hydrogens (primary N) is 1. The van der Waals surface area contributed by atoms with Crippen molar-refractivity contribution < 1.29 is 9.66 Å². The molecule has 0 aliphatic carbocycles. The van der Waals surface area contributed by atoms with E-state index in [2.05, 4.69) is 5.32 Å². The van der Waals surface area contributed by atoms with Crippen molar-refractivity contribution in [1.29, 1.82) is 0 Å². The quantitative estimate of drug-likeness (QED) is 0.497. The monoisotopic (exact) mass is 287 g/mol. The van der Waals surface area contributed by atoms with Gasteiger partial charge in [-0.05, 0) is 38.1 Å². The highest BCUT2D eigenvalue weighted by Gasteiger charge is 2.16. The molecule has 0 fully saturated rings. The van der Waals surface area contributed by atoms with E-state index in [1.165, 1.54) is 6.07 Å². The van der Waals surface area contributed by atoms with Gasteiger partial charge >= 0.3 is 5.69 Å². The summed E-state index contributed by atoms with van der Waals surface area (Å²) >= 11 is 0. The Morgan fingerprint density at radius 3 is 2.52 bits per heavy atom. The summed E-state index contributed by atoms with van der Waals surface area (Å²) in [5.74, 6) is 0.240. The molecule has 2 aromatic carbocycles. The number of nitrogens with one attached hydrogen (secondary N) is 1. The fraction of sp³-hybridized carbons (Fsp3) is 0.200. The average molecular weight is 287 g/mol. The summed E-state index contributed by atoms with van der Waals surface area (Å²) in [6.07, 6.45) is -0.147. The van der Waals surface area contributed by atoms with Crippen LogP contribution in [0.4, 0.5) is 22.7 Å². The van der Waals surface area contributed by atoms with E-state index in [1.54, 1.807) is 24.3 Å².